The third kappa shape index (κ3) is 2.90. The first-order valence-corrected chi connectivity index (χ1v) is 8.65. The lowest BCUT2D eigenvalue weighted by molar-refractivity contribution is 0.414. The second kappa shape index (κ2) is 6.31. The maximum absolute atomic E-state index is 12.6. The monoisotopic (exact) mass is 369 g/mol. The minimum absolute atomic E-state index is 0.200. The van der Waals surface area contributed by atoms with Crippen molar-refractivity contribution < 1.29 is 4.74 Å². The van der Waals surface area contributed by atoms with Gasteiger partial charge in [0.15, 0.2) is 5.82 Å². The summed E-state index contributed by atoms with van der Waals surface area (Å²) in [4.78, 5) is 17.6. The molecule has 0 saturated heterocycles. The SMILES string of the molecule is COc1cccc(/C=c2/sc3nc(-c4ccccc4Cl)nn3c2=O)c1. The van der Waals surface area contributed by atoms with E-state index < -0.39 is 0 Å². The zero-order valence-corrected chi connectivity index (χ0v) is 14.7. The van der Waals surface area contributed by atoms with Gasteiger partial charge < -0.3 is 4.74 Å². The van der Waals surface area contributed by atoms with E-state index in [1.54, 1.807) is 19.3 Å². The molecule has 2 aromatic heterocycles. The van der Waals surface area contributed by atoms with Crippen molar-refractivity contribution in [3.63, 3.8) is 0 Å². The molecular formula is C18H12ClN3O2S. The molecule has 2 heterocycles. The Hall–Kier alpha value is -2.70. The lowest BCUT2D eigenvalue weighted by Gasteiger charge is -1.99. The van der Waals surface area contributed by atoms with Gasteiger partial charge in [-0.25, -0.2) is 0 Å². The van der Waals surface area contributed by atoms with E-state index in [-0.39, 0.29) is 5.56 Å². The second-order valence-corrected chi connectivity index (χ2v) is 6.72. The smallest absolute Gasteiger partial charge is 0.291 e. The van der Waals surface area contributed by atoms with Crippen LogP contribution in [0.25, 0.3) is 22.4 Å². The number of aromatic nitrogens is 3. The molecule has 0 unspecified atom stereocenters. The molecule has 0 atom stereocenters. The highest BCUT2D eigenvalue weighted by Crippen LogP contribution is 2.25. The lowest BCUT2D eigenvalue weighted by Crippen LogP contribution is -2.23. The van der Waals surface area contributed by atoms with Gasteiger partial charge in [0.05, 0.1) is 16.7 Å². The number of nitrogens with zero attached hydrogens (tertiary/aromatic N) is 3. The van der Waals surface area contributed by atoms with Crippen LogP contribution in [0.3, 0.4) is 0 Å². The fourth-order valence-electron chi connectivity index (χ4n) is 2.47. The number of hydrogen-bond donors (Lipinski definition) is 0. The number of halogens is 1. The van der Waals surface area contributed by atoms with Crippen molar-refractivity contribution in [3.8, 4) is 17.1 Å². The second-order valence-electron chi connectivity index (χ2n) is 5.30. The van der Waals surface area contributed by atoms with Crippen LogP contribution in [-0.4, -0.2) is 21.7 Å². The van der Waals surface area contributed by atoms with E-state index >= 15 is 0 Å². The number of fused-ring (bicyclic) bond motifs is 1. The maximum atomic E-state index is 12.6. The summed E-state index contributed by atoms with van der Waals surface area (Å²) in [5.41, 5.74) is 1.39. The maximum Gasteiger partial charge on any atom is 0.291 e. The first kappa shape index (κ1) is 15.8. The molecular weight excluding hydrogens is 358 g/mol. The Morgan fingerprint density at radius 1 is 1.20 bits per heavy atom. The summed E-state index contributed by atoms with van der Waals surface area (Å²) in [7, 11) is 1.61. The molecule has 0 saturated carbocycles. The van der Waals surface area contributed by atoms with Crippen LogP contribution >= 0.6 is 22.9 Å². The third-order valence-corrected chi connectivity index (χ3v) is 4.98. The number of thiazole rings is 1. The largest absolute Gasteiger partial charge is 0.497 e. The van der Waals surface area contributed by atoms with Gasteiger partial charge in [-0.3, -0.25) is 4.79 Å². The summed E-state index contributed by atoms with van der Waals surface area (Å²) in [5.74, 6) is 1.18. The highest BCUT2D eigenvalue weighted by atomic mass is 35.5. The minimum Gasteiger partial charge on any atom is -0.497 e. The van der Waals surface area contributed by atoms with Crippen molar-refractivity contribution in [2.45, 2.75) is 0 Å². The van der Waals surface area contributed by atoms with E-state index in [2.05, 4.69) is 10.1 Å². The molecule has 0 amide bonds. The summed E-state index contributed by atoms with van der Waals surface area (Å²) >= 11 is 7.47. The number of ether oxygens (including phenoxy) is 1. The molecule has 0 aliphatic heterocycles. The molecule has 2 aromatic carbocycles. The van der Waals surface area contributed by atoms with Gasteiger partial charge in [0.2, 0.25) is 4.96 Å². The van der Waals surface area contributed by atoms with Crippen LogP contribution < -0.4 is 14.8 Å². The van der Waals surface area contributed by atoms with Crippen molar-refractivity contribution in [1.82, 2.24) is 14.6 Å². The van der Waals surface area contributed by atoms with Gasteiger partial charge in [0, 0.05) is 5.56 Å². The number of methoxy groups -OCH3 is 1. The Kier molecular flexibility index (Phi) is 3.99. The standard InChI is InChI=1S/C18H12ClN3O2S/c1-24-12-6-4-5-11(9-12)10-15-17(23)22-18(25-15)20-16(21-22)13-7-2-3-8-14(13)19/h2-10H,1H3/b15-10+. The molecule has 0 radical (unpaired) electrons. The van der Waals surface area contributed by atoms with Crippen molar-refractivity contribution in [2.24, 2.45) is 0 Å². The Morgan fingerprint density at radius 3 is 2.80 bits per heavy atom. The van der Waals surface area contributed by atoms with E-state index in [1.165, 1.54) is 15.9 Å². The average Bonchev–Trinajstić information content (AvgIpc) is 3.15. The van der Waals surface area contributed by atoms with Gasteiger partial charge in [0.1, 0.15) is 5.75 Å². The van der Waals surface area contributed by atoms with Crippen molar-refractivity contribution in [2.75, 3.05) is 7.11 Å². The molecule has 0 aliphatic carbocycles. The zero-order chi connectivity index (χ0) is 17.4. The van der Waals surface area contributed by atoms with E-state index in [9.17, 15) is 4.79 Å². The van der Waals surface area contributed by atoms with Gasteiger partial charge in [-0.1, -0.05) is 47.2 Å². The highest BCUT2D eigenvalue weighted by Gasteiger charge is 2.13. The number of benzene rings is 2. The molecule has 0 N–H and O–H groups in total. The van der Waals surface area contributed by atoms with Crippen LogP contribution in [0.5, 0.6) is 5.75 Å². The topological polar surface area (TPSA) is 56.5 Å². The van der Waals surface area contributed by atoms with Crippen LogP contribution in [-0.2, 0) is 0 Å². The Labute approximate surface area is 151 Å². The fourth-order valence-corrected chi connectivity index (χ4v) is 3.60. The van der Waals surface area contributed by atoms with Gasteiger partial charge in [-0.15, -0.1) is 5.10 Å². The van der Waals surface area contributed by atoms with E-state index in [0.717, 1.165) is 11.3 Å². The van der Waals surface area contributed by atoms with Crippen LogP contribution in [0.4, 0.5) is 0 Å². The third-order valence-electron chi connectivity index (χ3n) is 3.69. The Bertz CT molecular complexity index is 1180. The van der Waals surface area contributed by atoms with E-state index in [0.29, 0.717) is 25.9 Å². The number of rotatable bonds is 3. The summed E-state index contributed by atoms with van der Waals surface area (Å²) < 4.78 is 7.08. The molecule has 0 spiro atoms. The average molecular weight is 370 g/mol. The van der Waals surface area contributed by atoms with Gasteiger partial charge in [-0.05, 0) is 35.9 Å². The Balaban J connectivity index is 1.82. The summed E-state index contributed by atoms with van der Waals surface area (Å²) in [5, 5.41) is 4.87. The molecule has 25 heavy (non-hydrogen) atoms. The molecule has 0 fully saturated rings. The first-order valence-electron chi connectivity index (χ1n) is 7.46. The molecule has 4 rings (SSSR count). The van der Waals surface area contributed by atoms with Gasteiger partial charge >= 0.3 is 0 Å². The minimum atomic E-state index is -0.200. The Morgan fingerprint density at radius 2 is 2.04 bits per heavy atom. The van der Waals surface area contributed by atoms with Crippen molar-refractivity contribution in [3.05, 3.63) is 74.0 Å². The molecule has 124 valence electrons. The van der Waals surface area contributed by atoms with Crippen LogP contribution in [0.1, 0.15) is 5.56 Å². The van der Waals surface area contributed by atoms with Crippen molar-refractivity contribution in [1.29, 1.82) is 0 Å². The summed E-state index contributed by atoms with van der Waals surface area (Å²) in [6.45, 7) is 0. The normalized spacial score (nSPS) is 12.0. The highest BCUT2D eigenvalue weighted by molar-refractivity contribution is 7.15. The quantitative estimate of drug-likeness (QED) is 0.557. The first-order chi connectivity index (χ1) is 12.2. The summed E-state index contributed by atoms with van der Waals surface area (Å²) in [6.07, 6.45) is 1.81. The van der Waals surface area contributed by atoms with Crippen LogP contribution in [0, 0.1) is 0 Å². The van der Waals surface area contributed by atoms with Crippen LogP contribution in [0.15, 0.2) is 53.3 Å². The fraction of sp³-hybridized carbons (Fsp3) is 0.0556. The predicted octanol–water partition coefficient (Wildman–Crippen LogP) is 3.03. The van der Waals surface area contributed by atoms with Crippen molar-refractivity contribution >= 4 is 34.0 Å². The molecule has 4 aromatic rings. The molecule has 0 bridgehead atoms. The van der Waals surface area contributed by atoms with E-state index in [4.69, 9.17) is 16.3 Å². The summed E-state index contributed by atoms with van der Waals surface area (Å²) in [6, 6.07) is 14.8. The van der Waals surface area contributed by atoms with Crippen LogP contribution in [0.2, 0.25) is 5.02 Å². The van der Waals surface area contributed by atoms with Gasteiger partial charge in [-0.2, -0.15) is 9.50 Å². The lowest BCUT2D eigenvalue weighted by atomic mass is 10.2. The molecule has 5 nitrogen and oxygen atoms in total. The molecule has 0 aliphatic rings. The van der Waals surface area contributed by atoms with E-state index in [1.807, 2.05) is 42.5 Å². The number of hydrogen-bond acceptors (Lipinski definition) is 5. The zero-order valence-electron chi connectivity index (χ0n) is 13.1. The predicted molar refractivity (Wildman–Crippen MR) is 99.4 cm³/mol. The van der Waals surface area contributed by atoms with Gasteiger partial charge in [0.25, 0.3) is 5.56 Å². The molecule has 7 heteroatoms.